The monoisotopic (exact) mass is 334 g/mol. The van der Waals surface area contributed by atoms with Gasteiger partial charge in [0.25, 0.3) is 0 Å². The van der Waals surface area contributed by atoms with Gasteiger partial charge in [-0.1, -0.05) is 72.3 Å². The van der Waals surface area contributed by atoms with Crippen molar-refractivity contribution in [3.8, 4) is 0 Å². The van der Waals surface area contributed by atoms with Gasteiger partial charge in [0.15, 0.2) is 0 Å². The van der Waals surface area contributed by atoms with E-state index >= 15 is 0 Å². The molecule has 138 valence electrons. The van der Waals surface area contributed by atoms with Gasteiger partial charge in [0, 0.05) is 5.92 Å². The number of rotatable bonds is 7. The molecule has 0 aromatic heterocycles. The number of allylic oxidation sites excluding steroid dienone is 2. The summed E-state index contributed by atoms with van der Waals surface area (Å²) in [5.74, 6) is 1.46. The molecule has 2 aliphatic carbocycles. The molecule has 2 aliphatic rings. The molecule has 2 N–H and O–H groups in total. The predicted molar refractivity (Wildman–Crippen MR) is 102 cm³/mol. The van der Waals surface area contributed by atoms with Crippen LogP contribution in [0, 0.1) is 23.2 Å². The van der Waals surface area contributed by atoms with Crippen molar-refractivity contribution in [1.29, 1.82) is 0 Å². The van der Waals surface area contributed by atoms with Gasteiger partial charge in [0.2, 0.25) is 0 Å². The van der Waals surface area contributed by atoms with E-state index in [1.54, 1.807) is 0 Å². The van der Waals surface area contributed by atoms with Crippen molar-refractivity contribution in [3.63, 3.8) is 0 Å². The minimum atomic E-state index is -0.532. The zero-order valence-electron chi connectivity index (χ0n) is 16.2. The topological polar surface area (TPSA) is 40.5 Å². The molecule has 0 aliphatic heterocycles. The van der Waals surface area contributed by atoms with E-state index in [9.17, 15) is 10.2 Å². The van der Waals surface area contributed by atoms with E-state index in [4.69, 9.17) is 0 Å². The molecule has 0 bridgehead atoms. The van der Waals surface area contributed by atoms with Crippen LogP contribution in [0.3, 0.4) is 0 Å². The number of unbranched alkanes of at least 4 members (excludes halogenated alkanes) is 3. The van der Waals surface area contributed by atoms with Gasteiger partial charge in [-0.15, -0.1) is 0 Å². The first-order valence-corrected chi connectivity index (χ1v) is 10.2. The highest BCUT2D eigenvalue weighted by atomic mass is 16.3. The van der Waals surface area contributed by atoms with Crippen LogP contribution in [0.25, 0.3) is 0 Å². The quantitative estimate of drug-likeness (QED) is 0.547. The average Bonchev–Trinajstić information content (AvgIpc) is 2.51. The van der Waals surface area contributed by atoms with Crippen LogP contribution in [-0.4, -0.2) is 16.3 Å². The maximum Gasteiger partial charge on any atom is 0.0988 e. The molecule has 1 fully saturated rings. The summed E-state index contributed by atoms with van der Waals surface area (Å²) < 4.78 is 0. The van der Waals surface area contributed by atoms with Gasteiger partial charge >= 0.3 is 0 Å². The van der Waals surface area contributed by atoms with Crippen molar-refractivity contribution >= 4 is 0 Å². The Kier molecular flexibility index (Phi) is 6.98. The van der Waals surface area contributed by atoms with Gasteiger partial charge in [-0.05, 0) is 48.2 Å². The van der Waals surface area contributed by atoms with Gasteiger partial charge in [-0.25, -0.2) is 0 Å². The largest absolute Gasteiger partial charge is 0.512 e. The van der Waals surface area contributed by atoms with E-state index in [0.29, 0.717) is 17.6 Å². The molecule has 0 heterocycles. The summed E-state index contributed by atoms with van der Waals surface area (Å²) in [5, 5.41) is 21.4. The average molecular weight is 335 g/mol. The maximum atomic E-state index is 10.7. The van der Waals surface area contributed by atoms with Crippen LogP contribution in [-0.2, 0) is 0 Å². The van der Waals surface area contributed by atoms with Crippen LogP contribution in [0.15, 0.2) is 23.5 Å². The van der Waals surface area contributed by atoms with Crippen molar-refractivity contribution < 1.29 is 10.2 Å². The second-order valence-corrected chi connectivity index (χ2v) is 8.93. The van der Waals surface area contributed by atoms with Crippen LogP contribution in [0.1, 0.15) is 85.5 Å². The fourth-order valence-corrected chi connectivity index (χ4v) is 4.65. The maximum absolute atomic E-state index is 10.7. The standard InChI is InChI=1S/C22H38O2/c1-5-6-7-8-12-22(3,4)18-14-19(23)21(20(24)15-18)17-11-9-10-16(2)13-17/h14-17,19,21,23-24H,5-13H2,1-4H3/t16-,17-,19?,21?/m0/s1. The Morgan fingerprint density at radius 2 is 1.92 bits per heavy atom. The zero-order chi connectivity index (χ0) is 17.7. The van der Waals surface area contributed by atoms with Gasteiger partial charge < -0.3 is 10.2 Å². The normalized spacial score (nSPS) is 31.5. The molecule has 0 spiro atoms. The Morgan fingerprint density at radius 1 is 1.17 bits per heavy atom. The second kappa shape index (κ2) is 8.56. The van der Waals surface area contributed by atoms with Crippen molar-refractivity contribution in [3.05, 3.63) is 23.5 Å². The van der Waals surface area contributed by atoms with E-state index in [-0.39, 0.29) is 11.3 Å². The molecule has 2 rings (SSSR count). The fraction of sp³-hybridized carbons (Fsp3) is 0.818. The smallest absolute Gasteiger partial charge is 0.0988 e. The highest BCUT2D eigenvalue weighted by molar-refractivity contribution is 5.34. The molecule has 2 unspecified atom stereocenters. The van der Waals surface area contributed by atoms with Gasteiger partial charge in [0.05, 0.1) is 11.9 Å². The van der Waals surface area contributed by atoms with Crippen LogP contribution in [0.5, 0.6) is 0 Å². The Balaban J connectivity index is 2.03. The molecule has 0 amide bonds. The number of hydrogen-bond donors (Lipinski definition) is 2. The molecule has 0 radical (unpaired) electrons. The molecule has 1 saturated carbocycles. The minimum absolute atomic E-state index is 0.0214. The lowest BCUT2D eigenvalue weighted by molar-refractivity contribution is 0.0716. The molecule has 0 aromatic carbocycles. The molecular weight excluding hydrogens is 296 g/mol. The van der Waals surface area contributed by atoms with Crippen LogP contribution < -0.4 is 0 Å². The lowest BCUT2D eigenvalue weighted by Gasteiger charge is -2.38. The summed E-state index contributed by atoms with van der Waals surface area (Å²) in [6.45, 7) is 9.01. The Bertz CT molecular complexity index is 461. The first-order valence-electron chi connectivity index (χ1n) is 10.2. The molecule has 2 heteroatoms. The Morgan fingerprint density at radius 3 is 2.54 bits per heavy atom. The van der Waals surface area contributed by atoms with E-state index in [0.717, 1.165) is 24.8 Å². The number of aliphatic hydroxyl groups is 2. The molecule has 4 atom stereocenters. The predicted octanol–water partition coefficient (Wildman–Crippen LogP) is 6.17. The summed E-state index contributed by atoms with van der Waals surface area (Å²) in [6, 6.07) is 0. The first-order chi connectivity index (χ1) is 11.3. The van der Waals surface area contributed by atoms with Crippen LogP contribution in [0.4, 0.5) is 0 Å². The van der Waals surface area contributed by atoms with E-state index in [1.165, 1.54) is 38.5 Å². The van der Waals surface area contributed by atoms with Crippen molar-refractivity contribution in [2.45, 2.75) is 91.6 Å². The molecular formula is C22H38O2. The lowest BCUT2D eigenvalue weighted by atomic mass is 9.69. The molecule has 24 heavy (non-hydrogen) atoms. The van der Waals surface area contributed by atoms with Crippen molar-refractivity contribution in [2.75, 3.05) is 0 Å². The SMILES string of the molecule is CCCCCCC(C)(C)C1=CC(O)C([C@H]2CCC[C@H](C)C2)C(O)=C1. The third-order valence-corrected chi connectivity index (χ3v) is 6.28. The van der Waals surface area contributed by atoms with Gasteiger partial charge in [0.1, 0.15) is 0 Å². The lowest BCUT2D eigenvalue weighted by Crippen LogP contribution is -2.35. The molecule has 2 nitrogen and oxygen atoms in total. The van der Waals surface area contributed by atoms with Crippen LogP contribution in [0.2, 0.25) is 0 Å². The summed E-state index contributed by atoms with van der Waals surface area (Å²) in [6.07, 6.45) is 14.4. The summed E-state index contributed by atoms with van der Waals surface area (Å²) in [4.78, 5) is 0. The third-order valence-electron chi connectivity index (χ3n) is 6.28. The minimum Gasteiger partial charge on any atom is -0.512 e. The van der Waals surface area contributed by atoms with Gasteiger partial charge in [-0.3, -0.25) is 0 Å². The van der Waals surface area contributed by atoms with Crippen molar-refractivity contribution in [1.82, 2.24) is 0 Å². The van der Waals surface area contributed by atoms with Crippen molar-refractivity contribution in [2.24, 2.45) is 23.2 Å². The zero-order valence-corrected chi connectivity index (χ0v) is 16.2. The number of aliphatic hydroxyl groups excluding tert-OH is 2. The Labute approximate surface area is 149 Å². The van der Waals surface area contributed by atoms with E-state index in [2.05, 4.69) is 27.7 Å². The summed E-state index contributed by atoms with van der Waals surface area (Å²) in [5.41, 5.74) is 1.14. The highest BCUT2D eigenvalue weighted by Gasteiger charge is 2.37. The summed E-state index contributed by atoms with van der Waals surface area (Å²) in [7, 11) is 0. The van der Waals surface area contributed by atoms with Gasteiger partial charge in [-0.2, -0.15) is 0 Å². The molecule has 0 saturated heterocycles. The first kappa shape index (κ1) is 19.6. The molecule has 0 aromatic rings. The Hall–Kier alpha value is -0.760. The van der Waals surface area contributed by atoms with Crippen LogP contribution >= 0.6 is 0 Å². The fourth-order valence-electron chi connectivity index (χ4n) is 4.65. The van der Waals surface area contributed by atoms with E-state index in [1.807, 2.05) is 12.2 Å². The number of hydrogen-bond acceptors (Lipinski definition) is 2. The van der Waals surface area contributed by atoms with E-state index < -0.39 is 6.10 Å². The summed E-state index contributed by atoms with van der Waals surface area (Å²) >= 11 is 0. The third kappa shape index (κ3) is 4.88. The second-order valence-electron chi connectivity index (χ2n) is 8.93. The highest BCUT2D eigenvalue weighted by Crippen LogP contribution is 2.43.